The highest BCUT2D eigenvalue weighted by Crippen LogP contribution is 2.45. The van der Waals surface area contributed by atoms with Crippen LogP contribution in [0.5, 0.6) is 0 Å². The van der Waals surface area contributed by atoms with E-state index >= 15 is 0 Å². The number of esters is 1. The van der Waals surface area contributed by atoms with Crippen LogP contribution in [0.25, 0.3) is 0 Å². The molecule has 1 aromatic carbocycles. The van der Waals surface area contributed by atoms with Gasteiger partial charge in [0.1, 0.15) is 5.41 Å². The van der Waals surface area contributed by atoms with Crippen molar-refractivity contribution in [2.75, 3.05) is 7.11 Å². The lowest BCUT2D eigenvalue weighted by molar-refractivity contribution is -0.153. The van der Waals surface area contributed by atoms with Gasteiger partial charge in [-0.15, -0.1) is 0 Å². The molecule has 4 heteroatoms. The zero-order chi connectivity index (χ0) is 13.3. The summed E-state index contributed by atoms with van der Waals surface area (Å²) in [5, 5.41) is 0. The van der Waals surface area contributed by atoms with E-state index in [0.29, 0.717) is 18.4 Å². The van der Waals surface area contributed by atoms with Crippen molar-refractivity contribution in [3.8, 4) is 0 Å². The molecule has 0 spiro atoms. The number of Topliss-reactive ketones (excluding diaryl/α,β-unsaturated/α-hetero) is 1. The predicted molar refractivity (Wildman–Crippen MR) is 71.5 cm³/mol. The Kier molecular flexibility index (Phi) is 3.57. The first-order valence-corrected chi connectivity index (χ1v) is 6.70. The van der Waals surface area contributed by atoms with Crippen LogP contribution in [0.15, 0.2) is 22.7 Å². The fraction of sp³-hybridized carbons (Fsp3) is 0.429. The van der Waals surface area contributed by atoms with Crippen LogP contribution < -0.4 is 0 Å². The van der Waals surface area contributed by atoms with Gasteiger partial charge in [0.2, 0.25) is 0 Å². The maximum Gasteiger partial charge on any atom is 0.319 e. The largest absolute Gasteiger partial charge is 0.468 e. The number of ketones is 1. The van der Waals surface area contributed by atoms with E-state index < -0.39 is 11.4 Å². The van der Waals surface area contributed by atoms with Gasteiger partial charge in [0.15, 0.2) is 5.78 Å². The molecule has 3 nitrogen and oxygen atoms in total. The first-order chi connectivity index (χ1) is 8.51. The predicted octanol–water partition coefficient (Wildman–Crippen LogP) is 3.28. The molecule has 0 radical (unpaired) electrons. The number of methoxy groups -OCH3 is 1. The average molecular weight is 311 g/mol. The average Bonchev–Trinajstić information content (AvgIpc) is 2.30. The van der Waals surface area contributed by atoms with Crippen molar-refractivity contribution in [3.05, 3.63) is 33.8 Å². The molecule has 0 aliphatic heterocycles. The molecule has 0 N–H and O–H groups in total. The van der Waals surface area contributed by atoms with Gasteiger partial charge in [-0.2, -0.15) is 0 Å². The van der Waals surface area contributed by atoms with Crippen molar-refractivity contribution in [2.45, 2.75) is 26.2 Å². The van der Waals surface area contributed by atoms with Gasteiger partial charge < -0.3 is 4.74 Å². The Labute approximate surface area is 115 Å². The molecule has 0 unspecified atom stereocenters. The zero-order valence-electron chi connectivity index (χ0n) is 10.5. The summed E-state index contributed by atoms with van der Waals surface area (Å²) in [6.07, 6.45) is 2.07. The number of carbonyl (C=O) groups excluding carboxylic acids is 2. The fourth-order valence-electron chi connectivity index (χ4n) is 2.35. The van der Waals surface area contributed by atoms with Crippen LogP contribution in [-0.4, -0.2) is 18.9 Å². The summed E-state index contributed by atoms with van der Waals surface area (Å²) in [7, 11) is 1.34. The zero-order valence-corrected chi connectivity index (χ0v) is 12.0. The number of halogens is 1. The number of carbonyl (C=O) groups is 2. The summed E-state index contributed by atoms with van der Waals surface area (Å²) in [4.78, 5) is 24.5. The van der Waals surface area contributed by atoms with Crippen LogP contribution in [0.2, 0.25) is 0 Å². The van der Waals surface area contributed by atoms with Gasteiger partial charge in [0, 0.05) is 10.0 Å². The van der Waals surface area contributed by atoms with Gasteiger partial charge in [0.05, 0.1) is 7.11 Å². The minimum atomic E-state index is -0.944. The van der Waals surface area contributed by atoms with Crippen LogP contribution >= 0.6 is 15.9 Å². The summed E-state index contributed by atoms with van der Waals surface area (Å²) in [5.74, 6) is -0.516. The number of aryl methyl sites for hydroxylation is 1. The molecular formula is C14H15BrO3. The van der Waals surface area contributed by atoms with Gasteiger partial charge >= 0.3 is 5.97 Å². The molecule has 18 heavy (non-hydrogen) atoms. The Hall–Kier alpha value is -1.16. The van der Waals surface area contributed by atoms with E-state index in [2.05, 4.69) is 15.9 Å². The molecule has 0 bridgehead atoms. The van der Waals surface area contributed by atoms with E-state index in [1.165, 1.54) is 7.11 Å². The maximum atomic E-state index is 12.6. The second kappa shape index (κ2) is 4.84. The topological polar surface area (TPSA) is 43.4 Å². The number of benzene rings is 1. The third-order valence-corrected chi connectivity index (χ3v) is 4.16. The maximum absolute atomic E-state index is 12.6. The van der Waals surface area contributed by atoms with Gasteiger partial charge in [0.25, 0.3) is 0 Å². The molecule has 1 fully saturated rings. The molecular weight excluding hydrogens is 296 g/mol. The third kappa shape index (κ3) is 1.99. The molecule has 0 aromatic heterocycles. The highest BCUT2D eigenvalue weighted by Gasteiger charge is 2.52. The Morgan fingerprint density at radius 2 is 2.00 bits per heavy atom. The monoisotopic (exact) mass is 310 g/mol. The van der Waals surface area contributed by atoms with Crippen LogP contribution in [-0.2, 0) is 9.53 Å². The van der Waals surface area contributed by atoms with E-state index in [9.17, 15) is 9.59 Å². The first-order valence-electron chi connectivity index (χ1n) is 5.90. The quantitative estimate of drug-likeness (QED) is 0.489. The molecule has 0 saturated heterocycles. The lowest BCUT2D eigenvalue weighted by atomic mass is 9.64. The normalized spacial score (nSPS) is 16.8. The molecule has 0 amide bonds. The summed E-state index contributed by atoms with van der Waals surface area (Å²) in [6, 6.07) is 5.54. The molecule has 0 atom stereocenters. The number of ether oxygens (including phenoxy) is 1. The van der Waals surface area contributed by atoms with Crippen molar-refractivity contribution in [3.63, 3.8) is 0 Å². The Bertz CT molecular complexity index is 504. The smallest absolute Gasteiger partial charge is 0.319 e. The molecule has 96 valence electrons. The van der Waals surface area contributed by atoms with Gasteiger partial charge in [-0.3, -0.25) is 9.59 Å². The Morgan fingerprint density at radius 1 is 1.33 bits per heavy atom. The first kappa shape index (κ1) is 13.3. The van der Waals surface area contributed by atoms with Crippen LogP contribution in [0.3, 0.4) is 0 Å². The van der Waals surface area contributed by atoms with Gasteiger partial charge in [-0.25, -0.2) is 0 Å². The highest BCUT2D eigenvalue weighted by molar-refractivity contribution is 9.10. The van der Waals surface area contributed by atoms with E-state index in [1.807, 2.05) is 19.1 Å². The summed E-state index contributed by atoms with van der Waals surface area (Å²) in [5.41, 5.74) is 0.549. The highest BCUT2D eigenvalue weighted by atomic mass is 79.9. The molecule has 0 heterocycles. The number of hydrogen-bond donors (Lipinski definition) is 0. The standard InChI is InChI=1S/C14H15BrO3/c1-9-4-5-10(15)8-11(9)12(16)14(6-3-7-14)13(17)18-2/h4-5,8H,3,6-7H2,1-2H3. The lowest BCUT2D eigenvalue weighted by Crippen LogP contribution is -2.46. The van der Waals surface area contributed by atoms with Gasteiger partial charge in [-0.1, -0.05) is 28.4 Å². The van der Waals surface area contributed by atoms with E-state index in [-0.39, 0.29) is 5.78 Å². The van der Waals surface area contributed by atoms with E-state index in [1.54, 1.807) is 6.07 Å². The lowest BCUT2D eigenvalue weighted by Gasteiger charge is -2.37. The Morgan fingerprint density at radius 3 is 2.50 bits per heavy atom. The number of hydrogen-bond acceptors (Lipinski definition) is 3. The summed E-state index contributed by atoms with van der Waals surface area (Å²) >= 11 is 3.36. The van der Waals surface area contributed by atoms with Crippen LogP contribution in [0.4, 0.5) is 0 Å². The van der Waals surface area contributed by atoms with E-state index in [4.69, 9.17) is 4.74 Å². The van der Waals surface area contributed by atoms with Crippen molar-refractivity contribution in [1.82, 2.24) is 0 Å². The van der Waals surface area contributed by atoms with Crippen LogP contribution in [0, 0.1) is 12.3 Å². The molecule has 2 rings (SSSR count). The second-order valence-corrected chi connectivity index (χ2v) is 5.63. The van der Waals surface area contributed by atoms with Crippen molar-refractivity contribution in [1.29, 1.82) is 0 Å². The van der Waals surface area contributed by atoms with Crippen molar-refractivity contribution >= 4 is 27.7 Å². The van der Waals surface area contributed by atoms with Crippen molar-refractivity contribution in [2.24, 2.45) is 5.41 Å². The van der Waals surface area contributed by atoms with Gasteiger partial charge in [-0.05, 0) is 37.5 Å². The van der Waals surface area contributed by atoms with E-state index in [0.717, 1.165) is 16.5 Å². The minimum absolute atomic E-state index is 0.112. The summed E-state index contributed by atoms with van der Waals surface area (Å²) in [6.45, 7) is 1.88. The fourth-order valence-corrected chi connectivity index (χ4v) is 2.71. The molecule has 1 saturated carbocycles. The Balaban J connectivity index is 2.41. The second-order valence-electron chi connectivity index (χ2n) is 4.72. The van der Waals surface area contributed by atoms with Crippen molar-refractivity contribution < 1.29 is 14.3 Å². The third-order valence-electron chi connectivity index (χ3n) is 3.66. The number of rotatable bonds is 3. The molecule has 1 aromatic rings. The van der Waals surface area contributed by atoms with Crippen LogP contribution in [0.1, 0.15) is 35.2 Å². The summed E-state index contributed by atoms with van der Waals surface area (Å²) < 4.78 is 5.64. The molecule has 1 aliphatic carbocycles. The SMILES string of the molecule is COC(=O)C1(C(=O)c2cc(Br)ccc2C)CCC1. The minimum Gasteiger partial charge on any atom is -0.468 e. The molecule has 1 aliphatic rings.